The van der Waals surface area contributed by atoms with Gasteiger partial charge in [0.15, 0.2) is 5.96 Å². The quantitative estimate of drug-likeness (QED) is 0.417. The normalized spacial score (nSPS) is 13.7. The van der Waals surface area contributed by atoms with E-state index in [2.05, 4.69) is 20.9 Å². The minimum Gasteiger partial charge on any atom is -0.466 e. The lowest BCUT2D eigenvalue weighted by atomic mass is 10.0. The van der Waals surface area contributed by atoms with Gasteiger partial charge in [-0.15, -0.1) is 0 Å². The van der Waals surface area contributed by atoms with Crippen molar-refractivity contribution in [3.05, 3.63) is 59.5 Å². The number of nitrogens with zero attached hydrogens (tertiary/aromatic N) is 1. The Labute approximate surface area is 159 Å². The average Bonchev–Trinajstić information content (AvgIpc) is 3.21. The fourth-order valence-corrected chi connectivity index (χ4v) is 2.58. The van der Waals surface area contributed by atoms with Crippen molar-refractivity contribution < 1.29 is 14.3 Å². The number of hydrogen-bond donors (Lipinski definition) is 4. The fraction of sp³-hybridized carbons (Fsp3) is 0.400. The van der Waals surface area contributed by atoms with Gasteiger partial charge in [-0.1, -0.05) is 12.1 Å². The topological polar surface area (TPSA) is 98.9 Å². The van der Waals surface area contributed by atoms with Crippen LogP contribution >= 0.6 is 0 Å². The Hall–Kier alpha value is -2.80. The smallest absolute Gasteiger partial charge is 0.251 e. The van der Waals surface area contributed by atoms with E-state index in [0.29, 0.717) is 30.4 Å². The van der Waals surface area contributed by atoms with Crippen LogP contribution in [0.25, 0.3) is 0 Å². The summed E-state index contributed by atoms with van der Waals surface area (Å²) >= 11 is 0. The summed E-state index contributed by atoms with van der Waals surface area (Å²) in [4.78, 5) is 16.2. The summed E-state index contributed by atoms with van der Waals surface area (Å²) in [6, 6.07) is 11.0. The van der Waals surface area contributed by atoms with Crippen molar-refractivity contribution in [3.63, 3.8) is 0 Å². The molecular weight excluding hydrogens is 344 g/mol. The van der Waals surface area contributed by atoms with E-state index in [1.165, 1.54) is 6.26 Å². The first-order chi connectivity index (χ1) is 13.0. The summed E-state index contributed by atoms with van der Waals surface area (Å²) in [5.41, 5.74) is 0.528. The highest BCUT2D eigenvalue weighted by atomic mass is 16.4. The van der Waals surface area contributed by atoms with Crippen LogP contribution in [0.4, 0.5) is 0 Å². The van der Waals surface area contributed by atoms with Crippen molar-refractivity contribution >= 4 is 11.9 Å². The predicted octanol–water partition coefficient (Wildman–Crippen LogP) is 1.64. The van der Waals surface area contributed by atoms with Gasteiger partial charge in [-0.25, -0.2) is 4.99 Å². The van der Waals surface area contributed by atoms with Crippen LogP contribution in [-0.2, 0) is 12.0 Å². The molecule has 0 aliphatic carbocycles. The Morgan fingerprint density at radius 1 is 1.26 bits per heavy atom. The molecule has 0 bridgehead atoms. The van der Waals surface area contributed by atoms with E-state index in [0.717, 1.165) is 12.0 Å². The summed E-state index contributed by atoms with van der Waals surface area (Å²) in [6.07, 6.45) is 2.27. The molecule has 0 fully saturated rings. The molecule has 1 aromatic carbocycles. The molecule has 1 atom stereocenters. The highest BCUT2D eigenvalue weighted by molar-refractivity contribution is 5.94. The molecule has 1 heterocycles. The van der Waals surface area contributed by atoms with Gasteiger partial charge in [0.05, 0.1) is 12.8 Å². The second-order valence-corrected chi connectivity index (χ2v) is 6.40. The van der Waals surface area contributed by atoms with E-state index in [9.17, 15) is 9.90 Å². The molecule has 2 aromatic rings. The van der Waals surface area contributed by atoms with Crippen molar-refractivity contribution in [2.75, 3.05) is 26.7 Å². The Morgan fingerprint density at radius 2 is 2.07 bits per heavy atom. The number of amides is 1. The number of hydrogen-bond acceptors (Lipinski definition) is 4. The fourth-order valence-electron chi connectivity index (χ4n) is 2.58. The zero-order chi connectivity index (χ0) is 19.7. The molecule has 0 aliphatic heterocycles. The Balaban J connectivity index is 1.93. The molecule has 0 saturated carbocycles. The number of rotatable bonds is 8. The largest absolute Gasteiger partial charge is 0.466 e. The van der Waals surface area contributed by atoms with E-state index in [4.69, 9.17) is 4.42 Å². The molecule has 0 saturated heterocycles. The minimum atomic E-state index is -1.17. The molecule has 7 heteroatoms. The Bertz CT molecular complexity index is 754. The van der Waals surface area contributed by atoms with Crippen LogP contribution in [0.3, 0.4) is 0 Å². The first-order valence-corrected chi connectivity index (χ1v) is 9.06. The molecule has 0 spiro atoms. The van der Waals surface area contributed by atoms with Gasteiger partial charge in [0.2, 0.25) is 0 Å². The van der Waals surface area contributed by atoms with Gasteiger partial charge in [0.1, 0.15) is 11.4 Å². The summed E-state index contributed by atoms with van der Waals surface area (Å²) < 4.78 is 5.28. The maximum atomic E-state index is 11.7. The number of carbonyl (C=O) groups excluding carboxylic acids is 1. The van der Waals surface area contributed by atoms with Crippen molar-refractivity contribution in [1.29, 1.82) is 0 Å². The molecule has 27 heavy (non-hydrogen) atoms. The van der Waals surface area contributed by atoms with Gasteiger partial charge < -0.3 is 25.5 Å². The van der Waals surface area contributed by atoms with Gasteiger partial charge >= 0.3 is 0 Å². The Kier molecular flexibility index (Phi) is 7.43. The van der Waals surface area contributed by atoms with Gasteiger partial charge in [-0.2, -0.15) is 0 Å². The highest BCUT2D eigenvalue weighted by Crippen LogP contribution is 2.21. The van der Waals surface area contributed by atoms with Crippen LogP contribution in [-0.4, -0.2) is 43.7 Å². The van der Waals surface area contributed by atoms with Crippen LogP contribution in [0.2, 0.25) is 0 Å². The van der Waals surface area contributed by atoms with E-state index >= 15 is 0 Å². The SMILES string of the molecule is CCNC(=NCC(C)(O)c1ccco1)NCCc1cccc(C(=O)NC)c1. The number of benzene rings is 1. The number of guanidine groups is 1. The van der Waals surface area contributed by atoms with Crippen LogP contribution in [0.15, 0.2) is 52.1 Å². The van der Waals surface area contributed by atoms with Crippen LogP contribution < -0.4 is 16.0 Å². The van der Waals surface area contributed by atoms with Crippen molar-refractivity contribution in [2.45, 2.75) is 25.9 Å². The number of nitrogens with one attached hydrogen (secondary N) is 3. The van der Waals surface area contributed by atoms with Gasteiger partial charge in [-0.05, 0) is 50.1 Å². The van der Waals surface area contributed by atoms with E-state index in [-0.39, 0.29) is 12.5 Å². The first-order valence-electron chi connectivity index (χ1n) is 9.06. The predicted molar refractivity (Wildman–Crippen MR) is 106 cm³/mol. The molecule has 7 nitrogen and oxygen atoms in total. The molecule has 1 unspecified atom stereocenters. The van der Waals surface area contributed by atoms with Crippen molar-refractivity contribution in [1.82, 2.24) is 16.0 Å². The molecule has 1 amide bonds. The highest BCUT2D eigenvalue weighted by Gasteiger charge is 2.26. The second kappa shape index (κ2) is 9.78. The average molecular weight is 372 g/mol. The third-order valence-corrected chi connectivity index (χ3v) is 4.06. The van der Waals surface area contributed by atoms with Crippen molar-refractivity contribution in [2.24, 2.45) is 4.99 Å². The number of aliphatic imine (C=N–C) groups is 1. The molecule has 1 aromatic heterocycles. The maximum Gasteiger partial charge on any atom is 0.251 e. The van der Waals surface area contributed by atoms with Crippen LogP contribution in [0.1, 0.15) is 35.5 Å². The third-order valence-electron chi connectivity index (χ3n) is 4.06. The molecule has 0 radical (unpaired) electrons. The van der Waals surface area contributed by atoms with Gasteiger partial charge in [0.25, 0.3) is 5.91 Å². The molecule has 146 valence electrons. The third kappa shape index (κ3) is 6.14. The zero-order valence-corrected chi connectivity index (χ0v) is 16.1. The standard InChI is InChI=1S/C20H28N4O3/c1-4-22-19(24-14-20(2,26)17-9-6-12-27-17)23-11-10-15-7-5-8-16(13-15)18(25)21-3/h5-9,12-13,26H,4,10-11,14H2,1-3H3,(H,21,25)(H2,22,23,24). The molecule has 4 N–H and O–H groups in total. The lowest BCUT2D eigenvalue weighted by Crippen LogP contribution is -2.39. The minimum absolute atomic E-state index is 0.0973. The molecule has 2 rings (SSSR count). The number of carbonyl (C=O) groups is 1. The monoisotopic (exact) mass is 372 g/mol. The summed E-state index contributed by atoms with van der Waals surface area (Å²) in [7, 11) is 1.62. The lowest BCUT2D eigenvalue weighted by Gasteiger charge is -2.19. The van der Waals surface area contributed by atoms with Crippen molar-refractivity contribution in [3.8, 4) is 0 Å². The van der Waals surface area contributed by atoms with Crippen LogP contribution in [0.5, 0.6) is 0 Å². The lowest BCUT2D eigenvalue weighted by molar-refractivity contribution is 0.0437. The van der Waals surface area contributed by atoms with Gasteiger partial charge in [0, 0.05) is 25.7 Å². The van der Waals surface area contributed by atoms with Gasteiger partial charge in [-0.3, -0.25) is 4.79 Å². The van der Waals surface area contributed by atoms with E-state index < -0.39 is 5.60 Å². The summed E-state index contributed by atoms with van der Waals surface area (Å²) in [6.45, 7) is 5.17. The first kappa shape index (κ1) is 20.5. The maximum absolute atomic E-state index is 11.7. The summed E-state index contributed by atoms with van der Waals surface area (Å²) in [5.74, 6) is 1.000. The van der Waals surface area contributed by atoms with E-state index in [1.807, 2.05) is 25.1 Å². The molecule has 0 aliphatic rings. The second-order valence-electron chi connectivity index (χ2n) is 6.40. The van der Waals surface area contributed by atoms with Crippen LogP contribution in [0, 0.1) is 0 Å². The van der Waals surface area contributed by atoms with E-state index in [1.54, 1.807) is 32.2 Å². The summed E-state index contributed by atoms with van der Waals surface area (Å²) in [5, 5.41) is 19.5. The Morgan fingerprint density at radius 3 is 2.74 bits per heavy atom. The zero-order valence-electron chi connectivity index (χ0n) is 16.1. The molecular formula is C20H28N4O3. The number of aliphatic hydroxyl groups is 1. The number of furan rings is 1.